The second kappa shape index (κ2) is 6.53. The monoisotopic (exact) mass is 355 g/mol. The number of nitrogens with zero attached hydrogens (tertiary/aromatic N) is 1. The van der Waals surface area contributed by atoms with Gasteiger partial charge in [0, 0.05) is 23.8 Å². The lowest BCUT2D eigenvalue weighted by molar-refractivity contribution is -0.385. The molecule has 2 rings (SSSR count). The Morgan fingerprint density at radius 1 is 1.24 bits per heavy atom. The molecule has 0 aliphatic rings. The van der Waals surface area contributed by atoms with Gasteiger partial charge in [-0.1, -0.05) is 0 Å². The second-order valence-corrected chi connectivity index (χ2v) is 4.97. The van der Waals surface area contributed by atoms with Crippen molar-refractivity contribution in [3.8, 4) is 11.5 Å². The lowest BCUT2D eigenvalue weighted by Crippen LogP contribution is -2.01. The number of hydrogen-bond donors (Lipinski definition) is 0. The average molecular weight is 356 g/mol. The summed E-state index contributed by atoms with van der Waals surface area (Å²) in [5.41, 5.74) is 0.440. The Morgan fingerprint density at radius 3 is 2.67 bits per heavy atom. The van der Waals surface area contributed by atoms with Crippen LogP contribution in [0.2, 0.25) is 0 Å². The highest BCUT2D eigenvalue weighted by atomic mass is 79.9. The number of rotatable bonds is 5. The molecule has 0 fully saturated rings. The van der Waals surface area contributed by atoms with E-state index in [0.29, 0.717) is 21.5 Å². The number of hydrogen-bond acceptors (Lipinski definition) is 4. The maximum absolute atomic E-state index is 13.2. The Bertz CT molecular complexity index is 678. The van der Waals surface area contributed by atoms with E-state index in [4.69, 9.17) is 9.47 Å². The molecule has 0 saturated carbocycles. The van der Waals surface area contributed by atoms with Gasteiger partial charge in [-0.25, -0.2) is 4.39 Å². The summed E-state index contributed by atoms with van der Waals surface area (Å²) in [5, 5.41) is 10.8. The summed E-state index contributed by atoms with van der Waals surface area (Å²) in [4.78, 5) is 10.3. The first kappa shape index (κ1) is 15.2. The van der Waals surface area contributed by atoms with Crippen LogP contribution in [0.5, 0.6) is 11.5 Å². The maximum atomic E-state index is 13.2. The molecule has 0 saturated heterocycles. The van der Waals surface area contributed by atoms with Gasteiger partial charge in [0.2, 0.25) is 0 Å². The van der Waals surface area contributed by atoms with Crippen molar-refractivity contribution in [3.63, 3.8) is 0 Å². The quantitative estimate of drug-likeness (QED) is 0.598. The molecule has 0 radical (unpaired) electrons. The van der Waals surface area contributed by atoms with Gasteiger partial charge in [-0.3, -0.25) is 10.1 Å². The summed E-state index contributed by atoms with van der Waals surface area (Å²) in [6.07, 6.45) is 0. The van der Waals surface area contributed by atoms with Crippen molar-refractivity contribution in [2.24, 2.45) is 0 Å². The third-order valence-electron chi connectivity index (χ3n) is 2.75. The molecule has 0 aromatic heterocycles. The van der Waals surface area contributed by atoms with E-state index in [1.54, 1.807) is 0 Å². The lowest BCUT2D eigenvalue weighted by Gasteiger charge is -2.11. The van der Waals surface area contributed by atoms with Crippen LogP contribution in [0.15, 0.2) is 40.9 Å². The van der Waals surface area contributed by atoms with Gasteiger partial charge in [-0.15, -0.1) is 0 Å². The van der Waals surface area contributed by atoms with Crippen molar-refractivity contribution in [2.45, 2.75) is 6.61 Å². The third kappa shape index (κ3) is 3.69. The van der Waals surface area contributed by atoms with Gasteiger partial charge in [0.25, 0.3) is 5.69 Å². The number of nitro benzene ring substituents is 1. The minimum atomic E-state index is -0.499. The number of benzene rings is 2. The van der Waals surface area contributed by atoms with Crippen LogP contribution in [0.1, 0.15) is 5.56 Å². The molecule has 0 N–H and O–H groups in total. The maximum Gasteiger partial charge on any atom is 0.270 e. The third-order valence-corrected chi connectivity index (χ3v) is 3.41. The van der Waals surface area contributed by atoms with Crippen LogP contribution < -0.4 is 9.47 Å². The van der Waals surface area contributed by atoms with E-state index in [2.05, 4.69) is 15.9 Å². The second-order valence-electron chi connectivity index (χ2n) is 4.12. The molecule has 0 unspecified atom stereocenters. The summed E-state index contributed by atoms with van der Waals surface area (Å²) in [5.74, 6) is 0.343. The summed E-state index contributed by atoms with van der Waals surface area (Å²) >= 11 is 3.25. The molecule has 0 aliphatic carbocycles. The van der Waals surface area contributed by atoms with Crippen molar-refractivity contribution in [3.05, 3.63) is 62.4 Å². The SMILES string of the molecule is COc1ccc([N+](=O)[O-])cc1COc1cc(F)ccc1Br. The minimum Gasteiger partial charge on any atom is -0.496 e. The van der Waals surface area contributed by atoms with Gasteiger partial charge in [0.1, 0.15) is 23.9 Å². The normalized spacial score (nSPS) is 10.2. The van der Waals surface area contributed by atoms with Crippen molar-refractivity contribution in [1.82, 2.24) is 0 Å². The van der Waals surface area contributed by atoms with E-state index in [9.17, 15) is 14.5 Å². The smallest absolute Gasteiger partial charge is 0.270 e. The Hall–Kier alpha value is -2.15. The molecule has 2 aromatic rings. The van der Waals surface area contributed by atoms with Gasteiger partial charge < -0.3 is 9.47 Å². The van der Waals surface area contributed by atoms with Crippen LogP contribution in [-0.4, -0.2) is 12.0 Å². The van der Waals surface area contributed by atoms with Crippen LogP contribution in [0.25, 0.3) is 0 Å². The zero-order chi connectivity index (χ0) is 15.4. The molecule has 0 spiro atoms. The molecular formula is C14H11BrFNO4. The van der Waals surface area contributed by atoms with Crippen LogP contribution in [-0.2, 0) is 6.61 Å². The molecule has 0 bridgehead atoms. The van der Waals surface area contributed by atoms with Gasteiger partial charge in [0.05, 0.1) is 16.5 Å². The van der Waals surface area contributed by atoms with E-state index in [-0.39, 0.29) is 12.3 Å². The van der Waals surface area contributed by atoms with E-state index >= 15 is 0 Å². The highest BCUT2D eigenvalue weighted by molar-refractivity contribution is 9.10. The van der Waals surface area contributed by atoms with Crippen molar-refractivity contribution < 1.29 is 18.8 Å². The van der Waals surface area contributed by atoms with Crippen LogP contribution in [0.4, 0.5) is 10.1 Å². The Morgan fingerprint density at radius 2 is 2.00 bits per heavy atom. The Labute approximate surface area is 128 Å². The number of non-ortho nitro benzene ring substituents is 1. The fourth-order valence-electron chi connectivity index (χ4n) is 1.73. The van der Waals surface area contributed by atoms with Gasteiger partial charge in [-0.2, -0.15) is 0 Å². The first-order valence-corrected chi connectivity index (χ1v) is 6.69. The average Bonchev–Trinajstić information content (AvgIpc) is 2.47. The van der Waals surface area contributed by atoms with Gasteiger partial charge in [0.15, 0.2) is 0 Å². The van der Waals surface area contributed by atoms with Crippen LogP contribution in [0.3, 0.4) is 0 Å². The molecule has 0 atom stereocenters. The highest BCUT2D eigenvalue weighted by Crippen LogP contribution is 2.29. The van der Waals surface area contributed by atoms with Gasteiger partial charge >= 0.3 is 0 Å². The largest absolute Gasteiger partial charge is 0.496 e. The predicted octanol–water partition coefficient (Wildman–Crippen LogP) is 4.08. The lowest BCUT2D eigenvalue weighted by atomic mass is 10.2. The molecule has 7 heteroatoms. The first-order valence-electron chi connectivity index (χ1n) is 5.90. The standard InChI is InChI=1S/C14H11BrFNO4/c1-20-13-5-3-11(17(18)19)6-9(13)8-21-14-7-10(16)2-4-12(14)15/h2-7H,8H2,1H3. The molecule has 5 nitrogen and oxygen atoms in total. The van der Waals surface area contributed by atoms with E-state index in [1.165, 1.54) is 43.5 Å². The molecule has 0 amide bonds. The minimum absolute atomic E-state index is 0.0207. The summed E-state index contributed by atoms with van der Waals surface area (Å²) < 4.78 is 24.4. The van der Waals surface area contributed by atoms with E-state index in [1.807, 2.05) is 0 Å². The highest BCUT2D eigenvalue weighted by Gasteiger charge is 2.12. The number of ether oxygens (including phenoxy) is 2. The Balaban J connectivity index is 2.24. The van der Waals surface area contributed by atoms with Crippen molar-refractivity contribution >= 4 is 21.6 Å². The van der Waals surface area contributed by atoms with E-state index < -0.39 is 10.7 Å². The molecule has 0 aliphatic heterocycles. The van der Waals surface area contributed by atoms with Crippen molar-refractivity contribution in [2.75, 3.05) is 7.11 Å². The zero-order valence-corrected chi connectivity index (χ0v) is 12.6. The summed E-state index contributed by atoms with van der Waals surface area (Å²) in [7, 11) is 1.46. The zero-order valence-electron chi connectivity index (χ0n) is 11.0. The Kier molecular flexibility index (Phi) is 4.74. The fourth-order valence-corrected chi connectivity index (χ4v) is 2.10. The van der Waals surface area contributed by atoms with Gasteiger partial charge in [-0.05, 0) is 34.1 Å². The molecule has 0 heterocycles. The predicted molar refractivity (Wildman–Crippen MR) is 78.1 cm³/mol. The number of methoxy groups -OCH3 is 1. The van der Waals surface area contributed by atoms with E-state index in [0.717, 1.165) is 0 Å². The van der Waals surface area contributed by atoms with Crippen LogP contribution in [0, 0.1) is 15.9 Å². The van der Waals surface area contributed by atoms with Crippen molar-refractivity contribution in [1.29, 1.82) is 0 Å². The molecule has 110 valence electrons. The molecular weight excluding hydrogens is 345 g/mol. The molecule has 21 heavy (non-hydrogen) atoms. The summed E-state index contributed by atoms with van der Waals surface area (Å²) in [6, 6.07) is 8.26. The fraction of sp³-hybridized carbons (Fsp3) is 0.143. The molecule has 2 aromatic carbocycles. The number of halogens is 2. The first-order chi connectivity index (χ1) is 10.0. The topological polar surface area (TPSA) is 61.6 Å². The van der Waals surface area contributed by atoms with Crippen LogP contribution >= 0.6 is 15.9 Å². The number of nitro groups is 1. The summed E-state index contributed by atoms with van der Waals surface area (Å²) in [6.45, 7) is 0.0207.